The molecule has 0 bridgehead atoms. The van der Waals surface area contributed by atoms with Gasteiger partial charge in [-0.25, -0.2) is 0 Å². The van der Waals surface area contributed by atoms with Crippen LogP contribution in [0.4, 0.5) is 0 Å². The molecule has 3 unspecified atom stereocenters. The van der Waals surface area contributed by atoms with E-state index in [0.29, 0.717) is 6.54 Å². The van der Waals surface area contributed by atoms with Gasteiger partial charge in [0.2, 0.25) is 0 Å². The van der Waals surface area contributed by atoms with E-state index in [1.54, 1.807) is 0 Å². The molecular weight excluding hydrogens is 246 g/mol. The molecule has 0 amide bonds. The van der Waals surface area contributed by atoms with Gasteiger partial charge in [0.25, 0.3) is 0 Å². The predicted molar refractivity (Wildman–Crippen MR) is 87.7 cm³/mol. The number of nitrogens with two attached hydrogens (primary N) is 1. The van der Waals surface area contributed by atoms with E-state index in [1.807, 2.05) is 0 Å². The van der Waals surface area contributed by atoms with E-state index in [0.717, 1.165) is 25.2 Å². The summed E-state index contributed by atoms with van der Waals surface area (Å²) >= 11 is 0. The summed E-state index contributed by atoms with van der Waals surface area (Å²) in [4.78, 5) is 0. The van der Waals surface area contributed by atoms with Gasteiger partial charge < -0.3 is 10.8 Å². The minimum atomic E-state index is -0.175. The van der Waals surface area contributed by atoms with Crippen LogP contribution in [0.1, 0.15) is 90.9 Å². The summed E-state index contributed by atoms with van der Waals surface area (Å²) in [5, 5.41) is 10.6. The van der Waals surface area contributed by atoms with Crippen LogP contribution in [-0.4, -0.2) is 17.8 Å². The topological polar surface area (TPSA) is 46.2 Å². The minimum absolute atomic E-state index is 0.0277. The Balaban J connectivity index is 2.21. The Morgan fingerprint density at radius 1 is 1.15 bits per heavy atom. The van der Waals surface area contributed by atoms with Crippen molar-refractivity contribution in [1.82, 2.24) is 0 Å². The lowest BCUT2D eigenvalue weighted by Gasteiger charge is -2.43. The molecule has 0 aromatic heterocycles. The fraction of sp³-hybridized carbons (Fsp3) is 1.00. The molecule has 1 rings (SSSR count). The smallest absolute Gasteiger partial charge is 0.0608 e. The molecule has 3 atom stereocenters. The SMILES string of the molecule is CCCCCCCCCC(O)C1(CN)CCCC(C)C1. The van der Waals surface area contributed by atoms with E-state index >= 15 is 0 Å². The molecule has 2 nitrogen and oxygen atoms in total. The molecular formula is C18H37NO. The third kappa shape index (κ3) is 5.73. The van der Waals surface area contributed by atoms with Crippen LogP contribution < -0.4 is 5.73 Å². The van der Waals surface area contributed by atoms with Crippen LogP contribution in [0.3, 0.4) is 0 Å². The normalized spacial score (nSPS) is 28.5. The molecule has 0 radical (unpaired) electrons. The van der Waals surface area contributed by atoms with Crippen molar-refractivity contribution in [1.29, 1.82) is 0 Å². The van der Waals surface area contributed by atoms with E-state index in [4.69, 9.17) is 5.73 Å². The summed E-state index contributed by atoms with van der Waals surface area (Å²) in [6.07, 6.45) is 14.8. The lowest BCUT2D eigenvalue weighted by Crippen LogP contribution is -2.45. The van der Waals surface area contributed by atoms with Crippen molar-refractivity contribution in [2.75, 3.05) is 6.54 Å². The van der Waals surface area contributed by atoms with Crippen molar-refractivity contribution in [3.63, 3.8) is 0 Å². The molecule has 1 aliphatic rings. The van der Waals surface area contributed by atoms with Crippen molar-refractivity contribution >= 4 is 0 Å². The zero-order valence-electron chi connectivity index (χ0n) is 13.9. The molecule has 0 spiro atoms. The Hall–Kier alpha value is -0.0800. The third-order valence-corrected chi connectivity index (χ3v) is 5.32. The van der Waals surface area contributed by atoms with Crippen LogP contribution in [0.2, 0.25) is 0 Å². The van der Waals surface area contributed by atoms with E-state index in [9.17, 15) is 5.11 Å². The van der Waals surface area contributed by atoms with Gasteiger partial charge in [0.05, 0.1) is 6.10 Å². The maximum atomic E-state index is 10.6. The highest BCUT2D eigenvalue weighted by molar-refractivity contribution is 4.91. The van der Waals surface area contributed by atoms with Gasteiger partial charge >= 0.3 is 0 Å². The number of aliphatic hydroxyl groups is 1. The molecule has 20 heavy (non-hydrogen) atoms. The Labute approximate surface area is 126 Å². The summed E-state index contributed by atoms with van der Waals surface area (Å²) in [5.74, 6) is 0.732. The first kappa shape index (κ1) is 18.0. The first-order valence-electron chi connectivity index (χ1n) is 9.02. The highest BCUT2D eigenvalue weighted by Crippen LogP contribution is 2.42. The van der Waals surface area contributed by atoms with E-state index < -0.39 is 0 Å². The highest BCUT2D eigenvalue weighted by atomic mass is 16.3. The second kappa shape index (κ2) is 9.78. The number of hydrogen-bond acceptors (Lipinski definition) is 2. The summed E-state index contributed by atoms with van der Waals surface area (Å²) in [6, 6.07) is 0. The summed E-state index contributed by atoms with van der Waals surface area (Å²) < 4.78 is 0. The Kier molecular flexibility index (Phi) is 8.79. The van der Waals surface area contributed by atoms with Gasteiger partial charge in [-0.15, -0.1) is 0 Å². The predicted octanol–water partition coefficient (Wildman–Crippen LogP) is 4.64. The number of aliphatic hydroxyl groups excluding tert-OH is 1. The fourth-order valence-electron chi connectivity index (χ4n) is 3.93. The van der Waals surface area contributed by atoms with Gasteiger partial charge in [-0.3, -0.25) is 0 Å². The average molecular weight is 284 g/mol. The molecule has 0 aromatic carbocycles. The lowest BCUT2D eigenvalue weighted by atomic mass is 9.66. The summed E-state index contributed by atoms with van der Waals surface area (Å²) in [6.45, 7) is 5.23. The van der Waals surface area contributed by atoms with Gasteiger partial charge in [-0.2, -0.15) is 0 Å². The van der Waals surface area contributed by atoms with Gasteiger partial charge in [0.15, 0.2) is 0 Å². The Morgan fingerprint density at radius 3 is 2.40 bits per heavy atom. The molecule has 120 valence electrons. The molecule has 1 fully saturated rings. The summed E-state index contributed by atoms with van der Waals surface area (Å²) in [7, 11) is 0. The number of rotatable bonds is 10. The zero-order chi connectivity index (χ0) is 14.8. The van der Waals surface area contributed by atoms with Gasteiger partial charge in [-0.05, 0) is 25.2 Å². The number of unbranched alkanes of at least 4 members (excludes halogenated alkanes) is 6. The van der Waals surface area contributed by atoms with Crippen molar-refractivity contribution in [3.8, 4) is 0 Å². The van der Waals surface area contributed by atoms with Crippen LogP contribution >= 0.6 is 0 Å². The van der Waals surface area contributed by atoms with Crippen molar-refractivity contribution in [2.45, 2.75) is 97.0 Å². The van der Waals surface area contributed by atoms with Crippen LogP contribution in [0.15, 0.2) is 0 Å². The monoisotopic (exact) mass is 283 g/mol. The van der Waals surface area contributed by atoms with Crippen LogP contribution in [-0.2, 0) is 0 Å². The average Bonchev–Trinajstić information content (AvgIpc) is 2.46. The Morgan fingerprint density at radius 2 is 1.80 bits per heavy atom. The zero-order valence-corrected chi connectivity index (χ0v) is 13.9. The third-order valence-electron chi connectivity index (χ3n) is 5.32. The maximum Gasteiger partial charge on any atom is 0.0608 e. The molecule has 2 heteroatoms. The van der Waals surface area contributed by atoms with E-state index in [2.05, 4.69) is 13.8 Å². The standard InChI is InChI=1S/C18H37NO/c1-3-4-5-6-7-8-9-12-17(20)18(15-19)13-10-11-16(2)14-18/h16-17,20H,3-15,19H2,1-2H3. The van der Waals surface area contributed by atoms with Crippen LogP contribution in [0.25, 0.3) is 0 Å². The molecule has 0 heterocycles. The highest BCUT2D eigenvalue weighted by Gasteiger charge is 2.39. The largest absolute Gasteiger partial charge is 0.393 e. The second-order valence-electron chi connectivity index (χ2n) is 7.19. The first-order valence-corrected chi connectivity index (χ1v) is 9.02. The van der Waals surface area contributed by atoms with Gasteiger partial charge in [0.1, 0.15) is 0 Å². The second-order valence-corrected chi connectivity index (χ2v) is 7.19. The van der Waals surface area contributed by atoms with Gasteiger partial charge in [-0.1, -0.05) is 71.6 Å². The quantitative estimate of drug-likeness (QED) is 0.574. The molecule has 1 saturated carbocycles. The minimum Gasteiger partial charge on any atom is -0.393 e. The molecule has 1 aliphatic carbocycles. The van der Waals surface area contributed by atoms with Crippen molar-refractivity contribution in [2.24, 2.45) is 17.1 Å². The van der Waals surface area contributed by atoms with E-state index in [-0.39, 0.29) is 11.5 Å². The summed E-state index contributed by atoms with van der Waals surface area (Å²) in [5.41, 5.74) is 6.05. The number of hydrogen-bond donors (Lipinski definition) is 2. The van der Waals surface area contributed by atoms with Crippen LogP contribution in [0.5, 0.6) is 0 Å². The molecule has 0 aromatic rings. The van der Waals surface area contributed by atoms with E-state index in [1.165, 1.54) is 57.8 Å². The first-order chi connectivity index (χ1) is 9.64. The fourth-order valence-corrected chi connectivity index (χ4v) is 3.93. The molecule has 0 saturated heterocycles. The molecule has 3 N–H and O–H groups in total. The lowest BCUT2D eigenvalue weighted by molar-refractivity contribution is -0.0173. The van der Waals surface area contributed by atoms with Gasteiger partial charge in [0, 0.05) is 12.0 Å². The maximum absolute atomic E-state index is 10.6. The van der Waals surface area contributed by atoms with Crippen molar-refractivity contribution in [3.05, 3.63) is 0 Å². The Bertz CT molecular complexity index is 244. The van der Waals surface area contributed by atoms with Crippen LogP contribution in [0, 0.1) is 11.3 Å². The molecule has 0 aliphatic heterocycles. The van der Waals surface area contributed by atoms with Crippen molar-refractivity contribution < 1.29 is 5.11 Å².